The smallest absolute Gasteiger partial charge is 0.245 e. The van der Waals surface area contributed by atoms with Gasteiger partial charge in [-0.15, -0.1) is 0 Å². The maximum absolute atomic E-state index is 12.4. The molecule has 2 amide bonds. The second-order valence-electron chi connectivity index (χ2n) is 5.14. The van der Waals surface area contributed by atoms with Gasteiger partial charge in [-0.1, -0.05) is 27.2 Å². The van der Waals surface area contributed by atoms with Crippen LogP contribution in [0.2, 0.25) is 0 Å². The molecule has 0 aliphatic carbocycles. The van der Waals surface area contributed by atoms with E-state index in [2.05, 4.69) is 18.5 Å². The largest absolute Gasteiger partial charge is 0.343 e. The highest BCUT2D eigenvalue weighted by Gasteiger charge is 2.38. The van der Waals surface area contributed by atoms with E-state index in [1.54, 1.807) is 16.7 Å². The van der Waals surface area contributed by atoms with Gasteiger partial charge in [-0.25, -0.2) is 0 Å². The molecular weight excluding hydrogens is 260 g/mol. The lowest BCUT2D eigenvalue weighted by molar-refractivity contribution is -0.149. The van der Waals surface area contributed by atoms with E-state index in [1.807, 2.05) is 13.8 Å². The number of hydrogen-bond acceptors (Lipinski definition) is 3. The molecule has 19 heavy (non-hydrogen) atoms. The zero-order valence-corrected chi connectivity index (χ0v) is 13.3. The van der Waals surface area contributed by atoms with Crippen molar-refractivity contribution in [2.24, 2.45) is 0 Å². The third-order valence-electron chi connectivity index (χ3n) is 3.72. The summed E-state index contributed by atoms with van der Waals surface area (Å²) in [6, 6.07) is -0.598. The van der Waals surface area contributed by atoms with E-state index in [4.69, 9.17) is 0 Å². The van der Waals surface area contributed by atoms with Crippen molar-refractivity contribution in [2.75, 3.05) is 12.8 Å². The minimum absolute atomic E-state index is 0.0114. The average molecular weight is 286 g/mol. The van der Waals surface area contributed by atoms with Crippen molar-refractivity contribution in [3.05, 3.63) is 0 Å². The highest BCUT2D eigenvalue weighted by Crippen LogP contribution is 2.18. The summed E-state index contributed by atoms with van der Waals surface area (Å²) in [5, 5.41) is 3.38. The molecule has 1 N–H and O–H groups in total. The fourth-order valence-corrected chi connectivity index (χ4v) is 2.76. The van der Waals surface area contributed by atoms with Gasteiger partial charge in [-0.3, -0.25) is 9.59 Å². The van der Waals surface area contributed by atoms with E-state index in [0.29, 0.717) is 18.2 Å². The number of hydrogen-bond donors (Lipinski definition) is 1. The number of carbonyl (C=O) groups is 2. The van der Waals surface area contributed by atoms with Gasteiger partial charge in [0.1, 0.15) is 12.1 Å². The lowest BCUT2D eigenvalue weighted by Gasteiger charge is -2.39. The summed E-state index contributed by atoms with van der Waals surface area (Å²) in [6.07, 6.45) is 5.34. The summed E-state index contributed by atoms with van der Waals surface area (Å²) >= 11 is 1.80. The summed E-state index contributed by atoms with van der Waals surface area (Å²) in [4.78, 5) is 26.3. The van der Waals surface area contributed by atoms with Crippen LogP contribution in [0.15, 0.2) is 0 Å². The van der Waals surface area contributed by atoms with Crippen LogP contribution in [0.3, 0.4) is 0 Å². The van der Waals surface area contributed by atoms with Crippen molar-refractivity contribution < 1.29 is 9.59 Å². The minimum atomic E-state index is -0.315. The number of piperazine rings is 1. The molecule has 0 saturated carbocycles. The summed E-state index contributed by atoms with van der Waals surface area (Å²) in [7, 11) is 0. The molecule has 3 atom stereocenters. The van der Waals surface area contributed by atoms with E-state index >= 15 is 0 Å². The predicted molar refractivity (Wildman–Crippen MR) is 80.2 cm³/mol. The van der Waals surface area contributed by atoms with Gasteiger partial charge in [0, 0.05) is 11.8 Å². The van der Waals surface area contributed by atoms with E-state index < -0.39 is 0 Å². The fourth-order valence-electron chi connectivity index (χ4n) is 2.42. The summed E-state index contributed by atoms with van der Waals surface area (Å²) < 4.78 is 0. The van der Waals surface area contributed by atoms with Crippen molar-refractivity contribution in [1.29, 1.82) is 0 Å². The zero-order chi connectivity index (χ0) is 14.4. The molecular formula is C14H26N2O2S. The molecule has 0 aromatic carbocycles. The molecule has 1 aliphatic rings. The molecule has 1 saturated heterocycles. The first-order valence-electron chi connectivity index (χ1n) is 7.18. The Morgan fingerprint density at radius 1 is 1.37 bits per heavy atom. The number of amides is 2. The quantitative estimate of drug-likeness (QED) is 0.779. The van der Waals surface area contributed by atoms with Gasteiger partial charge in [0.05, 0.1) is 0 Å². The Morgan fingerprint density at radius 2 is 2.05 bits per heavy atom. The number of carbonyl (C=O) groups excluding carboxylic acids is 2. The van der Waals surface area contributed by atoms with Crippen molar-refractivity contribution in [2.45, 2.75) is 63.8 Å². The Morgan fingerprint density at radius 3 is 2.58 bits per heavy atom. The fraction of sp³-hybridized carbons (Fsp3) is 0.857. The van der Waals surface area contributed by atoms with Crippen LogP contribution in [-0.2, 0) is 9.59 Å². The summed E-state index contributed by atoms with van der Waals surface area (Å²) in [5.41, 5.74) is 0. The van der Waals surface area contributed by atoms with Crippen LogP contribution in [0.1, 0.15) is 46.5 Å². The molecule has 0 aromatic rings. The number of thioether (sulfide) groups is 1. The number of nitrogens with zero attached hydrogens (tertiary/aromatic N) is 1. The molecule has 4 nitrogen and oxygen atoms in total. The standard InChI is InChI=1S/C14H26N2O2S/c1-5-7-11-14(18)16(9-8-10(3)19-4)12(6-2)13(17)15-11/h10-12H,5-9H2,1-4H3,(H,15,17). The lowest BCUT2D eigenvalue weighted by Crippen LogP contribution is -2.63. The molecule has 1 heterocycles. The molecule has 0 radical (unpaired) electrons. The van der Waals surface area contributed by atoms with Crippen LogP contribution in [0, 0.1) is 0 Å². The molecule has 1 rings (SSSR count). The van der Waals surface area contributed by atoms with Gasteiger partial charge in [-0.2, -0.15) is 11.8 Å². The maximum atomic E-state index is 12.4. The van der Waals surface area contributed by atoms with Crippen LogP contribution >= 0.6 is 11.8 Å². The molecule has 110 valence electrons. The van der Waals surface area contributed by atoms with Crippen LogP contribution in [0.25, 0.3) is 0 Å². The van der Waals surface area contributed by atoms with Gasteiger partial charge in [-0.05, 0) is 25.5 Å². The zero-order valence-electron chi connectivity index (χ0n) is 12.4. The molecule has 5 heteroatoms. The highest BCUT2D eigenvalue weighted by molar-refractivity contribution is 7.99. The lowest BCUT2D eigenvalue weighted by atomic mass is 10.0. The normalized spacial score (nSPS) is 25.4. The van der Waals surface area contributed by atoms with Crippen LogP contribution < -0.4 is 5.32 Å². The monoisotopic (exact) mass is 286 g/mol. The summed E-state index contributed by atoms with van der Waals surface area (Å²) in [6.45, 7) is 6.84. The third-order valence-corrected chi connectivity index (χ3v) is 4.76. The minimum Gasteiger partial charge on any atom is -0.343 e. The van der Waals surface area contributed by atoms with E-state index in [0.717, 1.165) is 19.3 Å². The Hall–Kier alpha value is -0.710. The van der Waals surface area contributed by atoms with Gasteiger partial charge in [0.15, 0.2) is 0 Å². The van der Waals surface area contributed by atoms with Gasteiger partial charge in [0.25, 0.3) is 0 Å². The van der Waals surface area contributed by atoms with Crippen LogP contribution in [0.4, 0.5) is 0 Å². The van der Waals surface area contributed by atoms with E-state index in [1.165, 1.54) is 0 Å². The topological polar surface area (TPSA) is 49.4 Å². The summed E-state index contributed by atoms with van der Waals surface area (Å²) in [5.74, 6) is 0.110. The molecule has 1 aliphatic heterocycles. The second-order valence-corrected chi connectivity index (χ2v) is 6.42. The predicted octanol–water partition coefficient (Wildman–Crippen LogP) is 2.03. The highest BCUT2D eigenvalue weighted by atomic mass is 32.2. The van der Waals surface area contributed by atoms with Crippen molar-refractivity contribution in [1.82, 2.24) is 10.2 Å². The van der Waals surface area contributed by atoms with Crippen molar-refractivity contribution in [3.63, 3.8) is 0 Å². The van der Waals surface area contributed by atoms with Crippen molar-refractivity contribution >= 4 is 23.6 Å². The Balaban J connectivity index is 2.74. The van der Waals surface area contributed by atoms with E-state index in [9.17, 15) is 9.59 Å². The Labute approximate surface area is 120 Å². The van der Waals surface area contributed by atoms with Gasteiger partial charge in [0.2, 0.25) is 11.8 Å². The molecule has 3 unspecified atom stereocenters. The molecule has 1 fully saturated rings. The Bertz CT molecular complexity index is 323. The first-order valence-corrected chi connectivity index (χ1v) is 8.47. The molecule has 0 bridgehead atoms. The van der Waals surface area contributed by atoms with Crippen LogP contribution in [-0.4, -0.2) is 46.8 Å². The SMILES string of the molecule is CCCC1NC(=O)C(CC)N(CCC(C)SC)C1=O. The first kappa shape index (κ1) is 16.3. The van der Waals surface area contributed by atoms with Crippen LogP contribution in [0.5, 0.6) is 0 Å². The average Bonchev–Trinajstić information content (AvgIpc) is 2.40. The van der Waals surface area contributed by atoms with Crippen molar-refractivity contribution in [3.8, 4) is 0 Å². The molecule has 0 aromatic heterocycles. The first-order chi connectivity index (χ1) is 9.04. The number of nitrogens with one attached hydrogen (secondary N) is 1. The second kappa shape index (κ2) is 7.78. The number of rotatable bonds is 7. The van der Waals surface area contributed by atoms with Gasteiger partial charge < -0.3 is 10.2 Å². The Kier molecular flexibility index (Phi) is 6.69. The molecule has 0 spiro atoms. The van der Waals surface area contributed by atoms with Gasteiger partial charge >= 0.3 is 0 Å². The van der Waals surface area contributed by atoms with E-state index in [-0.39, 0.29) is 23.9 Å². The maximum Gasteiger partial charge on any atom is 0.245 e. The third kappa shape index (κ3) is 4.13.